The number of carbonyl (C=O) groups is 1. The molecule has 3 aromatic rings. The molecule has 1 amide bonds. The Morgan fingerprint density at radius 1 is 1.08 bits per heavy atom. The summed E-state index contributed by atoms with van der Waals surface area (Å²) in [5.74, 6) is 1.98. The molecule has 0 aliphatic carbocycles. The average molecular weight is 387 g/mol. The van der Waals surface area contributed by atoms with Gasteiger partial charge in [-0.25, -0.2) is 0 Å². The van der Waals surface area contributed by atoms with Crippen LogP contribution in [-0.2, 0) is 10.5 Å². The molecule has 0 aliphatic rings. The number of carbonyl (C=O) groups excluding carboxylic acids is 1. The van der Waals surface area contributed by atoms with Gasteiger partial charge in [0.2, 0.25) is 5.13 Å². The van der Waals surface area contributed by atoms with E-state index in [9.17, 15) is 4.79 Å². The summed E-state index contributed by atoms with van der Waals surface area (Å²) < 4.78 is 11.3. The molecule has 134 valence electrons. The van der Waals surface area contributed by atoms with Gasteiger partial charge in [-0.05, 0) is 29.8 Å². The Balaban J connectivity index is 1.45. The summed E-state index contributed by atoms with van der Waals surface area (Å²) in [5, 5.41) is 11.2. The maximum atomic E-state index is 11.9. The average Bonchev–Trinajstić information content (AvgIpc) is 3.13. The molecule has 1 N–H and O–H groups in total. The Kier molecular flexibility index (Phi) is 6.45. The molecule has 26 heavy (non-hydrogen) atoms. The monoisotopic (exact) mass is 387 g/mol. The van der Waals surface area contributed by atoms with Gasteiger partial charge in [-0.15, -0.1) is 10.2 Å². The van der Waals surface area contributed by atoms with Gasteiger partial charge in [0.1, 0.15) is 11.5 Å². The normalized spacial score (nSPS) is 10.3. The fraction of sp³-hybridized carbons (Fsp3) is 0.167. The molecule has 3 rings (SSSR count). The van der Waals surface area contributed by atoms with Crippen molar-refractivity contribution < 1.29 is 14.3 Å². The Morgan fingerprint density at radius 3 is 2.58 bits per heavy atom. The minimum absolute atomic E-state index is 0.0715. The molecule has 0 saturated heterocycles. The molecule has 1 aromatic heterocycles. The molecular formula is C18H17N3O3S2. The molecule has 2 aromatic carbocycles. The summed E-state index contributed by atoms with van der Waals surface area (Å²) in [4.78, 5) is 11.9. The molecule has 6 nitrogen and oxygen atoms in total. The van der Waals surface area contributed by atoms with Crippen LogP contribution in [0.3, 0.4) is 0 Å². The number of hydrogen-bond donors (Lipinski definition) is 1. The number of nitrogens with zero attached hydrogens (tertiary/aromatic N) is 2. The van der Waals surface area contributed by atoms with E-state index >= 15 is 0 Å². The maximum absolute atomic E-state index is 11.9. The SMILES string of the molecule is COc1ccc(CSc2nnc(NC(=O)COc3ccccc3)s2)cc1. The third-order valence-electron chi connectivity index (χ3n) is 3.29. The van der Waals surface area contributed by atoms with E-state index in [0.717, 1.165) is 21.4 Å². The molecule has 0 atom stereocenters. The first-order chi connectivity index (χ1) is 12.7. The summed E-state index contributed by atoms with van der Waals surface area (Å²) >= 11 is 2.90. The van der Waals surface area contributed by atoms with E-state index in [-0.39, 0.29) is 12.5 Å². The lowest BCUT2D eigenvalue weighted by Crippen LogP contribution is -2.20. The lowest BCUT2D eigenvalue weighted by atomic mass is 10.2. The van der Waals surface area contributed by atoms with Crippen molar-refractivity contribution in [3.63, 3.8) is 0 Å². The van der Waals surface area contributed by atoms with Crippen molar-refractivity contribution in [2.45, 2.75) is 10.1 Å². The van der Waals surface area contributed by atoms with Crippen molar-refractivity contribution in [3.8, 4) is 11.5 Å². The van der Waals surface area contributed by atoms with Gasteiger partial charge in [-0.2, -0.15) is 0 Å². The Morgan fingerprint density at radius 2 is 1.85 bits per heavy atom. The smallest absolute Gasteiger partial charge is 0.264 e. The quantitative estimate of drug-likeness (QED) is 0.467. The van der Waals surface area contributed by atoms with E-state index in [4.69, 9.17) is 9.47 Å². The highest BCUT2D eigenvalue weighted by molar-refractivity contribution is 8.00. The molecule has 1 heterocycles. The highest BCUT2D eigenvalue weighted by Crippen LogP contribution is 2.28. The molecule has 0 aliphatic heterocycles. The molecule has 0 bridgehead atoms. The van der Waals surface area contributed by atoms with Crippen molar-refractivity contribution in [2.24, 2.45) is 0 Å². The third-order valence-corrected chi connectivity index (χ3v) is 5.33. The van der Waals surface area contributed by atoms with E-state index in [0.29, 0.717) is 10.9 Å². The van der Waals surface area contributed by atoms with Gasteiger partial charge in [0, 0.05) is 5.75 Å². The molecule has 0 spiro atoms. The summed E-state index contributed by atoms with van der Waals surface area (Å²) in [6.45, 7) is -0.0715. The lowest BCUT2D eigenvalue weighted by Gasteiger charge is -2.04. The van der Waals surface area contributed by atoms with Gasteiger partial charge in [-0.1, -0.05) is 53.4 Å². The van der Waals surface area contributed by atoms with Crippen molar-refractivity contribution >= 4 is 34.1 Å². The lowest BCUT2D eigenvalue weighted by molar-refractivity contribution is -0.118. The fourth-order valence-corrected chi connectivity index (χ4v) is 3.73. The van der Waals surface area contributed by atoms with E-state index in [2.05, 4.69) is 15.5 Å². The predicted molar refractivity (Wildman–Crippen MR) is 103 cm³/mol. The van der Waals surface area contributed by atoms with Crippen molar-refractivity contribution in [3.05, 3.63) is 60.2 Å². The van der Waals surface area contributed by atoms with Crippen LogP contribution in [0, 0.1) is 0 Å². The zero-order valence-electron chi connectivity index (χ0n) is 14.0. The van der Waals surface area contributed by atoms with Crippen LogP contribution in [-0.4, -0.2) is 29.8 Å². The standard InChI is InChI=1S/C18H17N3O3S2/c1-23-14-9-7-13(8-10-14)12-25-18-21-20-17(26-18)19-16(22)11-24-15-5-3-2-4-6-15/h2-10H,11-12H2,1H3,(H,19,20,22). The number of thioether (sulfide) groups is 1. The minimum Gasteiger partial charge on any atom is -0.497 e. The summed E-state index contributed by atoms with van der Waals surface area (Å²) in [7, 11) is 1.64. The van der Waals surface area contributed by atoms with Crippen LogP contribution >= 0.6 is 23.1 Å². The van der Waals surface area contributed by atoms with Gasteiger partial charge < -0.3 is 9.47 Å². The highest BCUT2D eigenvalue weighted by atomic mass is 32.2. The van der Waals surface area contributed by atoms with Gasteiger partial charge >= 0.3 is 0 Å². The van der Waals surface area contributed by atoms with Crippen LogP contribution in [0.1, 0.15) is 5.56 Å². The second-order valence-corrected chi connectivity index (χ2v) is 7.36. The zero-order valence-corrected chi connectivity index (χ0v) is 15.7. The topological polar surface area (TPSA) is 73.3 Å². The largest absolute Gasteiger partial charge is 0.497 e. The van der Waals surface area contributed by atoms with E-state index in [1.54, 1.807) is 31.0 Å². The Labute approximate surface area is 159 Å². The summed E-state index contributed by atoms with van der Waals surface area (Å²) in [6.07, 6.45) is 0. The first kappa shape index (κ1) is 18.2. The number of anilines is 1. The third kappa shape index (κ3) is 5.47. The summed E-state index contributed by atoms with van der Waals surface area (Å²) in [5.41, 5.74) is 1.16. The van der Waals surface area contributed by atoms with Gasteiger partial charge in [0.25, 0.3) is 5.91 Å². The Bertz CT molecular complexity index is 838. The van der Waals surface area contributed by atoms with Crippen LogP contribution in [0.25, 0.3) is 0 Å². The number of nitrogens with one attached hydrogen (secondary N) is 1. The van der Waals surface area contributed by atoms with E-state index < -0.39 is 0 Å². The first-order valence-corrected chi connectivity index (χ1v) is 9.60. The van der Waals surface area contributed by atoms with Crippen LogP contribution < -0.4 is 14.8 Å². The second kappa shape index (κ2) is 9.21. The first-order valence-electron chi connectivity index (χ1n) is 7.80. The van der Waals surface area contributed by atoms with Crippen LogP contribution in [0.15, 0.2) is 58.9 Å². The van der Waals surface area contributed by atoms with Crippen molar-refractivity contribution in [1.29, 1.82) is 0 Å². The van der Waals surface area contributed by atoms with Crippen LogP contribution in [0.5, 0.6) is 11.5 Å². The van der Waals surface area contributed by atoms with E-state index in [1.165, 1.54) is 11.3 Å². The fourth-order valence-electron chi connectivity index (χ4n) is 2.01. The van der Waals surface area contributed by atoms with Crippen LogP contribution in [0.4, 0.5) is 5.13 Å². The second-order valence-electron chi connectivity index (χ2n) is 5.16. The molecular weight excluding hydrogens is 370 g/mol. The maximum Gasteiger partial charge on any atom is 0.264 e. The number of ether oxygens (including phenoxy) is 2. The number of aromatic nitrogens is 2. The van der Waals surface area contributed by atoms with Crippen molar-refractivity contribution in [2.75, 3.05) is 19.0 Å². The van der Waals surface area contributed by atoms with Crippen LogP contribution in [0.2, 0.25) is 0 Å². The molecule has 0 radical (unpaired) electrons. The Hall–Kier alpha value is -2.58. The van der Waals surface area contributed by atoms with Gasteiger partial charge in [0.15, 0.2) is 10.9 Å². The number of hydrogen-bond acceptors (Lipinski definition) is 7. The summed E-state index contributed by atoms with van der Waals surface area (Å²) in [6, 6.07) is 17.1. The molecule has 0 saturated carbocycles. The number of benzene rings is 2. The molecule has 0 fully saturated rings. The van der Waals surface area contributed by atoms with Gasteiger partial charge in [-0.3, -0.25) is 10.1 Å². The molecule has 0 unspecified atom stereocenters. The van der Waals surface area contributed by atoms with Crippen molar-refractivity contribution in [1.82, 2.24) is 10.2 Å². The minimum atomic E-state index is -0.267. The number of rotatable bonds is 8. The number of para-hydroxylation sites is 1. The molecule has 8 heteroatoms. The predicted octanol–water partition coefficient (Wildman–Crippen LogP) is 3.86. The van der Waals surface area contributed by atoms with Gasteiger partial charge in [0.05, 0.1) is 7.11 Å². The zero-order chi connectivity index (χ0) is 18.2. The van der Waals surface area contributed by atoms with E-state index in [1.807, 2.05) is 42.5 Å². The highest BCUT2D eigenvalue weighted by Gasteiger charge is 2.09. The number of methoxy groups -OCH3 is 1. The number of amides is 1.